The number of ether oxygens (including phenoxy) is 1. The highest BCUT2D eigenvalue weighted by Gasteiger charge is 2.46. The van der Waals surface area contributed by atoms with Gasteiger partial charge in [-0.15, -0.1) is 0 Å². The number of hydrogen-bond acceptors (Lipinski definition) is 3. The van der Waals surface area contributed by atoms with Gasteiger partial charge in [-0.05, 0) is 61.4 Å². The van der Waals surface area contributed by atoms with Gasteiger partial charge in [-0.25, -0.2) is 0 Å². The van der Waals surface area contributed by atoms with Gasteiger partial charge in [0, 0.05) is 18.3 Å². The van der Waals surface area contributed by atoms with Crippen molar-refractivity contribution in [1.82, 2.24) is 0 Å². The Morgan fingerprint density at radius 3 is 2.73 bits per heavy atom. The predicted molar refractivity (Wildman–Crippen MR) is 84.9 cm³/mol. The molecule has 0 spiro atoms. The Kier molecular flexibility index (Phi) is 3.90. The summed E-state index contributed by atoms with van der Waals surface area (Å²) in [7, 11) is 1.66. The number of allylic oxidation sites excluding steroid dienone is 2. The molecule has 116 valence electrons. The first kappa shape index (κ1) is 15.0. The number of methoxy groups -OCH3 is 1. The highest BCUT2D eigenvalue weighted by Crippen LogP contribution is 2.48. The fourth-order valence-corrected chi connectivity index (χ4v) is 3.80. The third kappa shape index (κ3) is 2.49. The smallest absolute Gasteiger partial charge is 0.158 e. The molecule has 3 heteroatoms. The first-order chi connectivity index (χ1) is 10.5. The zero-order valence-electron chi connectivity index (χ0n) is 13.3. The summed E-state index contributed by atoms with van der Waals surface area (Å²) in [5, 5.41) is 0. The normalized spacial score (nSPS) is 24.6. The van der Waals surface area contributed by atoms with Crippen molar-refractivity contribution in [2.24, 2.45) is 5.41 Å². The largest absolute Gasteiger partial charge is 0.497 e. The summed E-state index contributed by atoms with van der Waals surface area (Å²) in [4.78, 5) is 24.5. The maximum atomic E-state index is 12.3. The van der Waals surface area contributed by atoms with Crippen LogP contribution in [0.4, 0.5) is 0 Å². The summed E-state index contributed by atoms with van der Waals surface area (Å²) >= 11 is 0. The zero-order chi connectivity index (χ0) is 15.7. The van der Waals surface area contributed by atoms with Crippen LogP contribution in [-0.2, 0) is 16.0 Å². The van der Waals surface area contributed by atoms with Crippen LogP contribution in [0.1, 0.15) is 44.6 Å². The third-order valence-corrected chi connectivity index (χ3v) is 5.23. The Balaban J connectivity index is 1.83. The van der Waals surface area contributed by atoms with E-state index in [9.17, 15) is 9.59 Å². The number of Topliss-reactive ketones (excluding diaryl/α,β-unsaturated/α-hetero) is 2. The van der Waals surface area contributed by atoms with Gasteiger partial charge >= 0.3 is 0 Å². The van der Waals surface area contributed by atoms with Gasteiger partial charge in [0.15, 0.2) is 5.78 Å². The van der Waals surface area contributed by atoms with Gasteiger partial charge in [0.05, 0.1) is 7.11 Å². The van der Waals surface area contributed by atoms with Gasteiger partial charge in [-0.2, -0.15) is 0 Å². The van der Waals surface area contributed by atoms with E-state index in [1.54, 1.807) is 7.11 Å². The molecule has 0 amide bonds. The average Bonchev–Trinajstić information content (AvgIpc) is 2.83. The molecule has 0 heterocycles. The van der Waals surface area contributed by atoms with Crippen LogP contribution < -0.4 is 4.74 Å². The lowest BCUT2D eigenvalue weighted by atomic mass is 9.71. The number of carbonyl (C=O) groups is 2. The Morgan fingerprint density at radius 1 is 1.14 bits per heavy atom. The van der Waals surface area contributed by atoms with Crippen molar-refractivity contribution in [1.29, 1.82) is 0 Å². The number of aryl methyl sites for hydroxylation is 1. The second-order valence-electron chi connectivity index (χ2n) is 6.49. The molecular weight excluding hydrogens is 276 g/mol. The van der Waals surface area contributed by atoms with E-state index < -0.39 is 0 Å². The number of fused-ring (bicyclic) bond motifs is 1. The van der Waals surface area contributed by atoms with E-state index in [2.05, 4.69) is 6.07 Å². The maximum Gasteiger partial charge on any atom is 0.158 e. The molecule has 1 aromatic rings. The van der Waals surface area contributed by atoms with Gasteiger partial charge < -0.3 is 4.74 Å². The monoisotopic (exact) mass is 298 g/mol. The molecule has 1 aromatic carbocycles. The van der Waals surface area contributed by atoms with Gasteiger partial charge in [0.25, 0.3) is 0 Å². The summed E-state index contributed by atoms with van der Waals surface area (Å²) in [5.74, 6) is 1.39. The second kappa shape index (κ2) is 5.71. The number of benzene rings is 1. The van der Waals surface area contributed by atoms with Crippen molar-refractivity contribution >= 4 is 11.6 Å². The van der Waals surface area contributed by atoms with Gasteiger partial charge in [0.2, 0.25) is 0 Å². The van der Waals surface area contributed by atoms with Crippen molar-refractivity contribution in [3.05, 3.63) is 41.0 Å². The Bertz CT molecular complexity index is 656. The van der Waals surface area contributed by atoms with Gasteiger partial charge in [0.1, 0.15) is 11.5 Å². The molecule has 0 unspecified atom stereocenters. The summed E-state index contributed by atoms with van der Waals surface area (Å²) in [6.45, 7) is 2.02. The molecule has 1 fully saturated rings. The predicted octanol–water partition coefficient (Wildman–Crippen LogP) is 3.66. The first-order valence-corrected chi connectivity index (χ1v) is 7.96. The molecule has 2 aliphatic rings. The van der Waals surface area contributed by atoms with E-state index in [4.69, 9.17) is 4.74 Å². The van der Waals surface area contributed by atoms with E-state index >= 15 is 0 Å². The third-order valence-electron chi connectivity index (χ3n) is 5.23. The SMILES string of the molecule is COc1cccc(CCC2=C3CCC(=O)[C@@]3(C)CCC2=O)c1. The van der Waals surface area contributed by atoms with Crippen molar-refractivity contribution in [3.63, 3.8) is 0 Å². The lowest BCUT2D eigenvalue weighted by molar-refractivity contribution is -0.125. The molecule has 0 N–H and O–H groups in total. The average molecular weight is 298 g/mol. The van der Waals surface area contributed by atoms with Crippen molar-refractivity contribution in [3.8, 4) is 5.75 Å². The minimum Gasteiger partial charge on any atom is -0.497 e. The zero-order valence-corrected chi connectivity index (χ0v) is 13.3. The van der Waals surface area contributed by atoms with E-state index in [1.165, 1.54) is 0 Å². The van der Waals surface area contributed by atoms with Crippen molar-refractivity contribution in [2.75, 3.05) is 7.11 Å². The quantitative estimate of drug-likeness (QED) is 0.852. The van der Waals surface area contributed by atoms with Crippen LogP contribution in [-0.4, -0.2) is 18.7 Å². The van der Waals surface area contributed by atoms with E-state index in [0.717, 1.165) is 41.7 Å². The van der Waals surface area contributed by atoms with Crippen LogP contribution in [0, 0.1) is 5.41 Å². The lowest BCUT2D eigenvalue weighted by Gasteiger charge is -2.31. The lowest BCUT2D eigenvalue weighted by Crippen LogP contribution is -2.30. The molecule has 0 aliphatic heterocycles. The highest BCUT2D eigenvalue weighted by molar-refractivity contribution is 6.02. The van der Waals surface area contributed by atoms with Crippen LogP contribution in [0.15, 0.2) is 35.4 Å². The second-order valence-corrected chi connectivity index (χ2v) is 6.49. The topological polar surface area (TPSA) is 43.4 Å². The minimum absolute atomic E-state index is 0.241. The number of ketones is 2. The van der Waals surface area contributed by atoms with Gasteiger partial charge in [-0.1, -0.05) is 12.1 Å². The molecule has 22 heavy (non-hydrogen) atoms. The van der Waals surface area contributed by atoms with Crippen LogP contribution in [0.25, 0.3) is 0 Å². The van der Waals surface area contributed by atoms with E-state index in [-0.39, 0.29) is 11.2 Å². The molecular formula is C19H22O3. The summed E-state index contributed by atoms with van der Waals surface area (Å²) in [5.41, 5.74) is 2.84. The van der Waals surface area contributed by atoms with Crippen LogP contribution >= 0.6 is 0 Å². The molecule has 3 rings (SSSR count). The minimum atomic E-state index is -0.363. The Morgan fingerprint density at radius 2 is 1.95 bits per heavy atom. The van der Waals surface area contributed by atoms with E-state index in [0.29, 0.717) is 25.0 Å². The van der Waals surface area contributed by atoms with Crippen molar-refractivity contribution < 1.29 is 14.3 Å². The molecule has 3 nitrogen and oxygen atoms in total. The summed E-state index contributed by atoms with van der Waals surface area (Å²) < 4.78 is 5.24. The Hall–Kier alpha value is -1.90. The fraction of sp³-hybridized carbons (Fsp3) is 0.474. The highest BCUT2D eigenvalue weighted by atomic mass is 16.5. The maximum absolute atomic E-state index is 12.3. The van der Waals surface area contributed by atoms with Crippen LogP contribution in [0.3, 0.4) is 0 Å². The molecule has 1 saturated carbocycles. The molecule has 1 atom stereocenters. The fourth-order valence-electron chi connectivity index (χ4n) is 3.80. The number of carbonyl (C=O) groups excluding carboxylic acids is 2. The van der Waals surface area contributed by atoms with Crippen LogP contribution in [0.5, 0.6) is 5.75 Å². The van der Waals surface area contributed by atoms with Crippen molar-refractivity contribution in [2.45, 2.75) is 45.4 Å². The number of hydrogen-bond donors (Lipinski definition) is 0. The summed E-state index contributed by atoms with van der Waals surface area (Å²) in [6.07, 6.45) is 4.12. The molecule has 0 aromatic heterocycles. The molecule has 0 saturated heterocycles. The first-order valence-electron chi connectivity index (χ1n) is 7.96. The van der Waals surface area contributed by atoms with E-state index in [1.807, 2.05) is 25.1 Å². The Labute approximate surface area is 131 Å². The molecule has 0 radical (unpaired) electrons. The van der Waals surface area contributed by atoms with Gasteiger partial charge in [-0.3, -0.25) is 9.59 Å². The molecule has 0 bridgehead atoms. The van der Waals surface area contributed by atoms with Crippen LogP contribution in [0.2, 0.25) is 0 Å². The standard InChI is InChI=1S/C19H22O3/c1-19-11-10-17(20)15(16(19)8-9-18(19)21)7-6-13-4-3-5-14(12-13)22-2/h3-5,12H,6-11H2,1-2H3/t19-/m0/s1. The summed E-state index contributed by atoms with van der Waals surface area (Å²) in [6, 6.07) is 7.96. The molecule has 2 aliphatic carbocycles. The number of rotatable bonds is 4.